The number of hydrogen-bond acceptors (Lipinski definition) is 3. The summed E-state index contributed by atoms with van der Waals surface area (Å²) < 4.78 is 0. The van der Waals surface area contributed by atoms with Gasteiger partial charge in [0.2, 0.25) is 0 Å². The fourth-order valence-corrected chi connectivity index (χ4v) is 5.27. The molecule has 1 aliphatic carbocycles. The Hall–Kier alpha value is -0.410. The predicted octanol–water partition coefficient (Wildman–Crippen LogP) is 1.48. The van der Waals surface area contributed by atoms with E-state index in [1.165, 1.54) is 25.7 Å². The Morgan fingerprint density at radius 2 is 1.29 bits per heavy atom. The van der Waals surface area contributed by atoms with Crippen molar-refractivity contribution in [3.8, 4) is 0 Å². The first-order valence-corrected chi connectivity index (χ1v) is 7.04. The van der Waals surface area contributed by atoms with Gasteiger partial charge in [-0.15, -0.1) is 0 Å². The first-order chi connectivity index (χ1) is 7.99. The van der Waals surface area contributed by atoms with Crippen LogP contribution in [0.1, 0.15) is 39.5 Å². The maximum Gasteiger partial charge on any atom is 0.149 e. The van der Waals surface area contributed by atoms with Gasteiger partial charge in [0.05, 0.1) is 16.5 Å². The molecular formula is C14H22N2O. The molecule has 0 unspecified atom stereocenters. The molecule has 0 amide bonds. The Kier molecular flexibility index (Phi) is 1.71. The second-order valence-electron chi connectivity index (χ2n) is 7.35. The van der Waals surface area contributed by atoms with E-state index in [1.807, 2.05) is 0 Å². The molecule has 5 aliphatic rings. The van der Waals surface area contributed by atoms with E-state index in [1.54, 1.807) is 0 Å². The van der Waals surface area contributed by atoms with Gasteiger partial charge in [-0.2, -0.15) is 0 Å². The molecule has 4 aliphatic heterocycles. The summed E-state index contributed by atoms with van der Waals surface area (Å²) in [5.41, 5.74) is 0.178. The Labute approximate surface area is 103 Å². The van der Waals surface area contributed by atoms with Gasteiger partial charge in [-0.3, -0.25) is 14.6 Å². The number of carbonyl (C=O) groups excluding carboxylic acids is 1. The highest BCUT2D eigenvalue weighted by Gasteiger charge is 2.66. The van der Waals surface area contributed by atoms with Gasteiger partial charge in [-0.05, 0) is 12.8 Å². The Morgan fingerprint density at radius 1 is 0.882 bits per heavy atom. The van der Waals surface area contributed by atoms with E-state index >= 15 is 0 Å². The first-order valence-electron chi connectivity index (χ1n) is 7.04. The number of hydrogen-bond donors (Lipinski definition) is 0. The van der Waals surface area contributed by atoms with Crippen LogP contribution in [-0.2, 0) is 4.79 Å². The summed E-state index contributed by atoms with van der Waals surface area (Å²) in [4.78, 5) is 17.9. The molecule has 4 bridgehead atoms. The third kappa shape index (κ3) is 1.04. The molecule has 0 aromatic rings. The molecular weight excluding hydrogens is 212 g/mol. The molecule has 0 atom stereocenters. The molecule has 3 nitrogen and oxygen atoms in total. The molecule has 1 spiro atoms. The number of nitrogens with zero attached hydrogens (tertiary/aromatic N) is 2. The highest BCUT2D eigenvalue weighted by molar-refractivity contribution is 5.92. The molecule has 3 heteroatoms. The van der Waals surface area contributed by atoms with E-state index in [0.717, 1.165) is 26.2 Å². The first kappa shape index (κ1) is 10.5. The van der Waals surface area contributed by atoms with Crippen molar-refractivity contribution in [3.63, 3.8) is 0 Å². The summed E-state index contributed by atoms with van der Waals surface area (Å²) in [7, 11) is 0. The highest BCUT2D eigenvalue weighted by atomic mass is 16.1. The number of Topliss-reactive ketones (excluding diaryl/α,β-unsaturated/α-hetero) is 1. The summed E-state index contributed by atoms with van der Waals surface area (Å²) in [5, 5.41) is 0. The predicted molar refractivity (Wildman–Crippen MR) is 65.6 cm³/mol. The van der Waals surface area contributed by atoms with Crippen LogP contribution in [0, 0.1) is 10.8 Å². The van der Waals surface area contributed by atoms with Gasteiger partial charge in [0.15, 0.2) is 0 Å². The second-order valence-corrected chi connectivity index (χ2v) is 7.35. The number of carbonyl (C=O) groups is 1. The zero-order chi connectivity index (χ0) is 11.9. The lowest BCUT2D eigenvalue weighted by Crippen LogP contribution is -2.82. The van der Waals surface area contributed by atoms with E-state index < -0.39 is 0 Å². The van der Waals surface area contributed by atoms with Gasteiger partial charge < -0.3 is 0 Å². The largest absolute Gasteiger partial charge is 0.298 e. The normalized spacial score (nSPS) is 54.8. The lowest BCUT2D eigenvalue weighted by atomic mass is 9.60. The second kappa shape index (κ2) is 2.77. The third-order valence-electron chi connectivity index (χ3n) is 5.84. The molecule has 94 valence electrons. The average Bonchev–Trinajstić information content (AvgIpc) is 2.70. The summed E-state index contributed by atoms with van der Waals surface area (Å²) in [5.74, 6) is 0.533. The van der Waals surface area contributed by atoms with Gasteiger partial charge >= 0.3 is 0 Å². The average molecular weight is 234 g/mol. The molecule has 0 radical (unpaired) electrons. The molecule has 0 aromatic heterocycles. The summed E-state index contributed by atoms with van der Waals surface area (Å²) in [6.45, 7) is 8.42. The Bertz CT molecular complexity index is 355. The SMILES string of the molecule is CC12CN3CC(C)(CN(C1)C31CCCC1)C2=O. The third-order valence-corrected chi connectivity index (χ3v) is 5.84. The van der Waals surface area contributed by atoms with Crippen molar-refractivity contribution in [1.82, 2.24) is 9.80 Å². The molecule has 1 saturated carbocycles. The standard InChI is InChI=1S/C14H22N2O/c1-12-7-15-9-13(2,11(12)17)10-16(8-12)14(15)5-3-4-6-14/h3-10H2,1-2H3. The van der Waals surface area contributed by atoms with Gasteiger partial charge in [0, 0.05) is 26.2 Å². The topological polar surface area (TPSA) is 23.6 Å². The van der Waals surface area contributed by atoms with E-state index in [9.17, 15) is 4.79 Å². The number of piperidine rings is 2. The van der Waals surface area contributed by atoms with Crippen molar-refractivity contribution in [2.24, 2.45) is 10.8 Å². The van der Waals surface area contributed by atoms with Crippen LogP contribution in [0.3, 0.4) is 0 Å². The van der Waals surface area contributed by atoms with Crippen LogP contribution in [0.5, 0.6) is 0 Å². The highest BCUT2D eigenvalue weighted by Crippen LogP contribution is 2.55. The van der Waals surface area contributed by atoms with Crippen LogP contribution in [0.4, 0.5) is 0 Å². The Morgan fingerprint density at radius 3 is 1.71 bits per heavy atom. The van der Waals surface area contributed by atoms with Crippen LogP contribution >= 0.6 is 0 Å². The van der Waals surface area contributed by atoms with E-state index in [4.69, 9.17) is 0 Å². The van der Waals surface area contributed by atoms with Gasteiger partial charge in [-0.1, -0.05) is 26.7 Å². The molecule has 0 aromatic carbocycles. The molecule has 4 saturated heterocycles. The minimum absolute atomic E-state index is 0.0842. The summed E-state index contributed by atoms with van der Waals surface area (Å²) in [6, 6.07) is 0. The van der Waals surface area contributed by atoms with Crippen LogP contribution in [-0.4, -0.2) is 47.4 Å². The summed E-state index contributed by atoms with van der Waals surface area (Å²) >= 11 is 0. The maximum atomic E-state index is 12.6. The molecule has 5 fully saturated rings. The van der Waals surface area contributed by atoms with Crippen LogP contribution in [0.2, 0.25) is 0 Å². The van der Waals surface area contributed by atoms with Crippen LogP contribution < -0.4 is 0 Å². The smallest absolute Gasteiger partial charge is 0.149 e. The minimum atomic E-state index is -0.0842. The van der Waals surface area contributed by atoms with E-state index in [0.29, 0.717) is 11.4 Å². The quantitative estimate of drug-likeness (QED) is 0.634. The van der Waals surface area contributed by atoms with Crippen molar-refractivity contribution in [2.75, 3.05) is 26.2 Å². The monoisotopic (exact) mass is 234 g/mol. The van der Waals surface area contributed by atoms with Crippen molar-refractivity contribution in [3.05, 3.63) is 0 Å². The van der Waals surface area contributed by atoms with Crippen molar-refractivity contribution >= 4 is 5.78 Å². The lowest BCUT2D eigenvalue weighted by Gasteiger charge is -2.69. The zero-order valence-electron chi connectivity index (χ0n) is 11.0. The van der Waals surface area contributed by atoms with E-state index in [-0.39, 0.29) is 10.8 Å². The maximum absolute atomic E-state index is 12.6. The minimum Gasteiger partial charge on any atom is -0.298 e. The van der Waals surface area contributed by atoms with Crippen LogP contribution in [0.25, 0.3) is 0 Å². The Balaban J connectivity index is 1.81. The zero-order valence-corrected chi connectivity index (χ0v) is 11.0. The molecule has 4 heterocycles. The molecule has 0 N–H and O–H groups in total. The number of rotatable bonds is 0. The fourth-order valence-electron chi connectivity index (χ4n) is 5.27. The fraction of sp³-hybridized carbons (Fsp3) is 0.929. The van der Waals surface area contributed by atoms with Gasteiger partial charge in [0.1, 0.15) is 5.78 Å². The van der Waals surface area contributed by atoms with Gasteiger partial charge in [-0.25, -0.2) is 0 Å². The lowest BCUT2D eigenvalue weighted by molar-refractivity contribution is -0.227. The van der Waals surface area contributed by atoms with Crippen molar-refractivity contribution in [1.29, 1.82) is 0 Å². The van der Waals surface area contributed by atoms with Crippen molar-refractivity contribution in [2.45, 2.75) is 45.2 Å². The van der Waals surface area contributed by atoms with Gasteiger partial charge in [0.25, 0.3) is 0 Å². The number of ketones is 1. The van der Waals surface area contributed by atoms with Crippen molar-refractivity contribution < 1.29 is 4.79 Å². The molecule has 5 rings (SSSR count). The van der Waals surface area contributed by atoms with Crippen LogP contribution in [0.15, 0.2) is 0 Å². The summed E-state index contributed by atoms with van der Waals surface area (Å²) in [6.07, 6.45) is 5.39. The van der Waals surface area contributed by atoms with E-state index in [2.05, 4.69) is 23.6 Å². The molecule has 17 heavy (non-hydrogen) atoms.